The van der Waals surface area contributed by atoms with Crippen LogP contribution in [0.3, 0.4) is 0 Å². The molecule has 0 saturated heterocycles. The van der Waals surface area contributed by atoms with E-state index < -0.39 is 10.8 Å². The van der Waals surface area contributed by atoms with E-state index in [4.69, 9.17) is 5.73 Å². The molecule has 2 unspecified atom stereocenters. The summed E-state index contributed by atoms with van der Waals surface area (Å²) in [5.41, 5.74) is 7.24. The minimum Gasteiger partial charge on any atom is -0.323 e. The molecule has 0 aliphatic heterocycles. The molecule has 0 saturated carbocycles. The molecule has 3 heteroatoms. The third kappa shape index (κ3) is 3.88. The first kappa shape index (κ1) is 14.2. The summed E-state index contributed by atoms with van der Waals surface area (Å²) in [6.07, 6.45) is 2.09. The van der Waals surface area contributed by atoms with Gasteiger partial charge in [0.1, 0.15) is 0 Å². The van der Waals surface area contributed by atoms with Gasteiger partial charge >= 0.3 is 0 Å². The lowest BCUT2D eigenvalue weighted by atomic mass is 10.0. The molecule has 102 valence electrons. The van der Waals surface area contributed by atoms with Crippen LogP contribution in [0.5, 0.6) is 0 Å². The van der Waals surface area contributed by atoms with Crippen LogP contribution in [0.1, 0.15) is 31.4 Å². The van der Waals surface area contributed by atoms with Gasteiger partial charge in [-0.2, -0.15) is 0 Å². The molecule has 0 aliphatic carbocycles. The first-order chi connectivity index (χ1) is 9.20. The van der Waals surface area contributed by atoms with Crippen molar-refractivity contribution in [3.63, 3.8) is 0 Å². The van der Waals surface area contributed by atoms with Gasteiger partial charge in [0.15, 0.2) is 0 Å². The van der Waals surface area contributed by atoms with Crippen molar-refractivity contribution in [2.24, 2.45) is 5.73 Å². The maximum atomic E-state index is 11.9. The van der Waals surface area contributed by atoms with Crippen LogP contribution < -0.4 is 5.73 Å². The van der Waals surface area contributed by atoms with E-state index in [9.17, 15) is 4.21 Å². The Morgan fingerprint density at radius 3 is 2.63 bits per heavy atom. The zero-order chi connectivity index (χ0) is 13.7. The second-order valence-corrected chi connectivity index (χ2v) is 6.50. The smallest absolute Gasteiger partial charge is 0.0428 e. The molecule has 2 aromatic carbocycles. The van der Waals surface area contributed by atoms with Crippen LogP contribution in [-0.4, -0.2) is 15.7 Å². The number of unbranched alkanes of at least 4 members (excludes halogenated alkanes) is 1. The first-order valence-electron chi connectivity index (χ1n) is 6.80. The second-order valence-electron chi connectivity index (χ2n) is 4.88. The lowest BCUT2D eigenvalue weighted by Crippen LogP contribution is -2.19. The molecule has 0 aromatic heterocycles. The summed E-state index contributed by atoms with van der Waals surface area (Å²) in [5, 5.41) is 2.40. The lowest BCUT2D eigenvalue weighted by molar-refractivity contribution is 0.671. The fourth-order valence-electron chi connectivity index (χ4n) is 2.12. The molecule has 2 N–H and O–H groups in total. The summed E-state index contributed by atoms with van der Waals surface area (Å²) in [4.78, 5) is 0. The van der Waals surface area contributed by atoms with Crippen LogP contribution in [0.2, 0.25) is 0 Å². The van der Waals surface area contributed by atoms with Crippen LogP contribution in [0.25, 0.3) is 10.8 Å². The summed E-state index contributed by atoms with van der Waals surface area (Å²) in [5.74, 6) is 1.32. The van der Waals surface area contributed by atoms with Gasteiger partial charge in [-0.25, -0.2) is 0 Å². The molecule has 0 aliphatic rings. The highest BCUT2D eigenvalue weighted by molar-refractivity contribution is 7.85. The van der Waals surface area contributed by atoms with Crippen LogP contribution in [-0.2, 0) is 10.8 Å². The summed E-state index contributed by atoms with van der Waals surface area (Å²) >= 11 is 0. The van der Waals surface area contributed by atoms with Gasteiger partial charge < -0.3 is 5.73 Å². The Kier molecular flexibility index (Phi) is 5.11. The molecule has 2 aromatic rings. The first-order valence-corrected chi connectivity index (χ1v) is 8.28. The Labute approximate surface area is 117 Å². The number of hydrogen-bond acceptors (Lipinski definition) is 2. The van der Waals surface area contributed by atoms with Crippen LogP contribution >= 0.6 is 0 Å². The maximum Gasteiger partial charge on any atom is 0.0428 e. The van der Waals surface area contributed by atoms with Crippen LogP contribution in [0.15, 0.2) is 42.5 Å². The number of nitrogens with two attached hydrogens (primary N) is 1. The van der Waals surface area contributed by atoms with Crippen molar-refractivity contribution in [3.05, 3.63) is 48.0 Å². The van der Waals surface area contributed by atoms with Gasteiger partial charge in [0, 0.05) is 28.3 Å². The molecule has 0 spiro atoms. The molecule has 19 heavy (non-hydrogen) atoms. The van der Waals surface area contributed by atoms with E-state index in [1.165, 1.54) is 10.8 Å². The van der Waals surface area contributed by atoms with Gasteiger partial charge in [-0.1, -0.05) is 49.7 Å². The van der Waals surface area contributed by atoms with Gasteiger partial charge in [-0.15, -0.1) is 0 Å². The second kappa shape index (κ2) is 6.83. The molecule has 2 nitrogen and oxygen atoms in total. The van der Waals surface area contributed by atoms with Crippen LogP contribution in [0.4, 0.5) is 0 Å². The van der Waals surface area contributed by atoms with Gasteiger partial charge in [-0.05, 0) is 28.8 Å². The predicted molar refractivity (Wildman–Crippen MR) is 83.7 cm³/mol. The van der Waals surface area contributed by atoms with Crippen molar-refractivity contribution in [1.82, 2.24) is 0 Å². The minimum atomic E-state index is -0.809. The molecule has 0 bridgehead atoms. The zero-order valence-electron chi connectivity index (χ0n) is 11.3. The normalized spacial score (nSPS) is 14.4. The highest BCUT2D eigenvalue weighted by Gasteiger charge is 2.10. The van der Waals surface area contributed by atoms with Gasteiger partial charge in [0.25, 0.3) is 0 Å². The third-order valence-electron chi connectivity index (χ3n) is 3.29. The largest absolute Gasteiger partial charge is 0.323 e. The Morgan fingerprint density at radius 2 is 1.89 bits per heavy atom. The topological polar surface area (TPSA) is 43.1 Å². The van der Waals surface area contributed by atoms with E-state index >= 15 is 0 Å². The van der Waals surface area contributed by atoms with Gasteiger partial charge in [0.2, 0.25) is 0 Å². The molecule has 2 rings (SSSR count). The maximum absolute atomic E-state index is 11.9. The molecule has 0 fully saturated rings. The molecule has 0 amide bonds. The van der Waals surface area contributed by atoms with E-state index in [-0.39, 0.29) is 6.04 Å². The SMILES string of the molecule is CCCCS(=O)CC(N)c1ccc2ccccc2c1. The Morgan fingerprint density at radius 1 is 1.16 bits per heavy atom. The van der Waals surface area contributed by atoms with Crippen molar-refractivity contribution < 1.29 is 4.21 Å². The Bertz CT molecular complexity index is 567. The molecular weight excluding hydrogens is 254 g/mol. The van der Waals surface area contributed by atoms with Crippen LogP contribution in [0, 0.1) is 0 Å². The average molecular weight is 275 g/mol. The summed E-state index contributed by atoms with van der Waals surface area (Å²) in [7, 11) is -0.809. The lowest BCUT2D eigenvalue weighted by Gasteiger charge is -2.12. The monoisotopic (exact) mass is 275 g/mol. The Balaban J connectivity index is 2.08. The predicted octanol–water partition coefficient (Wildman–Crippen LogP) is 3.39. The van der Waals surface area contributed by atoms with Crippen molar-refractivity contribution in [1.29, 1.82) is 0 Å². The highest BCUT2D eigenvalue weighted by atomic mass is 32.2. The number of hydrogen-bond donors (Lipinski definition) is 1. The molecule has 2 atom stereocenters. The fraction of sp³-hybridized carbons (Fsp3) is 0.375. The number of benzene rings is 2. The molecule has 0 heterocycles. The van der Waals surface area contributed by atoms with E-state index in [0.717, 1.165) is 24.2 Å². The van der Waals surface area contributed by atoms with Crippen molar-refractivity contribution in [2.75, 3.05) is 11.5 Å². The van der Waals surface area contributed by atoms with Gasteiger partial charge in [-0.3, -0.25) is 4.21 Å². The summed E-state index contributed by atoms with van der Waals surface area (Å²) in [6, 6.07) is 14.3. The molecule has 0 radical (unpaired) electrons. The quantitative estimate of drug-likeness (QED) is 0.878. The standard InChI is InChI=1S/C16H21NOS/c1-2-3-10-19(18)12-16(17)15-9-8-13-6-4-5-7-14(13)11-15/h4-9,11,16H,2-3,10,12,17H2,1H3. The van der Waals surface area contributed by atoms with E-state index in [1.807, 2.05) is 18.2 Å². The van der Waals surface area contributed by atoms with Crippen molar-refractivity contribution in [3.8, 4) is 0 Å². The minimum absolute atomic E-state index is 0.137. The highest BCUT2D eigenvalue weighted by Crippen LogP contribution is 2.20. The molecular formula is C16H21NOS. The summed E-state index contributed by atoms with van der Waals surface area (Å²) in [6.45, 7) is 2.11. The number of fused-ring (bicyclic) bond motifs is 1. The van der Waals surface area contributed by atoms with Crippen molar-refractivity contribution in [2.45, 2.75) is 25.8 Å². The van der Waals surface area contributed by atoms with E-state index in [1.54, 1.807) is 0 Å². The van der Waals surface area contributed by atoms with Crippen molar-refractivity contribution >= 4 is 21.6 Å². The Hall–Kier alpha value is -1.19. The number of rotatable bonds is 6. The fourth-order valence-corrected chi connectivity index (χ4v) is 3.49. The summed E-state index contributed by atoms with van der Waals surface area (Å²) < 4.78 is 11.9. The van der Waals surface area contributed by atoms with Gasteiger partial charge in [0.05, 0.1) is 0 Å². The van der Waals surface area contributed by atoms with E-state index in [0.29, 0.717) is 5.75 Å². The zero-order valence-corrected chi connectivity index (χ0v) is 12.2. The third-order valence-corrected chi connectivity index (χ3v) is 4.77. The average Bonchev–Trinajstić information content (AvgIpc) is 2.44. The van der Waals surface area contributed by atoms with E-state index in [2.05, 4.69) is 31.2 Å².